The van der Waals surface area contributed by atoms with E-state index in [1.165, 1.54) is 0 Å². The van der Waals surface area contributed by atoms with Gasteiger partial charge in [-0.25, -0.2) is 0 Å². The van der Waals surface area contributed by atoms with Crippen molar-refractivity contribution in [1.82, 2.24) is 0 Å². The third-order valence-electron chi connectivity index (χ3n) is 3.14. The Bertz CT molecular complexity index is 332. The van der Waals surface area contributed by atoms with Crippen LogP contribution in [0.2, 0.25) is 0 Å². The Hall–Kier alpha value is -0.230. The lowest BCUT2D eigenvalue weighted by Gasteiger charge is -2.27. The molecule has 1 rings (SSSR count). The molecule has 0 amide bonds. The summed E-state index contributed by atoms with van der Waals surface area (Å²) >= 11 is 9.93. The van der Waals surface area contributed by atoms with Gasteiger partial charge in [0.15, 0.2) is 0 Å². The molecular formula is C15H20BrClO. The fourth-order valence-corrected chi connectivity index (χ4v) is 2.99. The fraction of sp³-hybridized carbons (Fsp3) is 0.600. The van der Waals surface area contributed by atoms with E-state index in [1.54, 1.807) is 6.08 Å². The quantitative estimate of drug-likeness (QED) is 0.414. The number of alkyl halides is 2. The molecule has 0 N–H and O–H groups in total. The highest BCUT2D eigenvalue weighted by atomic mass is 79.9. The van der Waals surface area contributed by atoms with E-state index in [0.717, 1.165) is 24.6 Å². The average Bonchev–Trinajstić information content (AvgIpc) is 2.60. The number of terminal acetylenes is 1. The van der Waals surface area contributed by atoms with E-state index in [0.29, 0.717) is 5.92 Å². The molecule has 18 heavy (non-hydrogen) atoms. The largest absolute Gasteiger partial charge is 0.372 e. The van der Waals surface area contributed by atoms with E-state index in [4.69, 9.17) is 22.8 Å². The van der Waals surface area contributed by atoms with Crippen LogP contribution >= 0.6 is 27.5 Å². The monoisotopic (exact) mass is 330 g/mol. The van der Waals surface area contributed by atoms with Crippen LogP contribution in [0.25, 0.3) is 0 Å². The molecule has 0 aromatic heterocycles. The van der Waals surface area contributed by atoms with Crippen LogP contribution < -0.4 is 0 Å². The first-order chi connectivity index (χ1) is 8.72. The van der Waals surface area contributed by atoms with Crippen molar-refractivity contribution in [3.63, 3.8) is 0 Å². The summed E-state index contributed by atoms with van der Waals surface area (Å²) in [6.45, 7) is 2.15. The molecule has 0 aromatic rings. The number of allylic oxidation sites excluding steroid dienone is 2. The second-order valence-corrected chi connectivity index (χ2v) is 5.63. The van der Waals surface area contributed by atoms with Gasteiger partial charge in [0.2, 0.25) is 0 Å². The summed E-state index contributed by atoms with van der Waals surface area (Å²) in [5.74, 6) is 2.91. The van der Waals surface area contributed by atoms with E-state index < -0.39 is 0 Å². The van der Waals surface area contributed by atoms with Gasteiger partial charge in [0.1, 0.15) is 0 Å². The topological polar surface area (TPSA) is 9.23 Å². The number of ether oxygens (including phenoxy) is 1. The molecule has 0 radical (unpaired) electrons. The van der Waals surface area contributed by atoms with Crippen molar-refractivity contribution in [2.24, 2.45) is 5.92 Å². The SMILES string of the molecule is C#C/C=C\CC(Cl)C1CC=CC(CBr)C(CC)O1. The van der Waals surface area contributed by atoms with Gasteiger partial charge in [0.25, 0.3) is 0 Å². The summed E-state index contributed by atoms with van der Waals surface area (Å²) in [6, 6.07) is 0. The number of hydrogen-bond donors (Lipinski definition) is 0. The van der Waals surface area contributed by atoms with Gasteiger partial charge in [0, 0.05) is 11.2 Å². The Balaban J connectivity index is 2.60. The van der Waals surface area contributed by atoms with Crippen LogP contribution in [-0.4, -0.2) is 22.9 Å². The first kappa shape index (κ1) is 15.8. The second kappa shape index (κ2) is 8.80. The van der Waals surface area contributed by atoms with Crippen molar-refractivity contribution in [1.29, 1.82) is 0 Å². The van der Waals surface area contributed by atoms with Gasteiger partial charge in [0.05, 0.1) is 17.6 Å². The maximum atomic E-state index is 6.39. The summed E-state index contributed by atoms with van der Waals surface area (Å²) in [6.07, 6.45) is 16.2. The average molecular weight is 332 g/mol. The third kappa shape index (κ3) is 4.80. The molecule has 1 nitrogen and oxygen atoms in total. The molecular weight excluding hydrogens is 312 g/mol. The first-order valence-corrected chi connectivity index (χ1v) is 7.92. The fourth-order valence-electron chi connectivity index (χ4n) is 2.09. The Morgan fingerprint density at radius 2 is 2.44 bits per heavy atom. The third-order valence-corrected chi connectivity index (χ3v) is 4.34. The minimum absolute atomic E-state index is 0.0256. The highest BCUT2D eigenvalue weighted by molar-refractivity contribution is 9.09. The minimum atomic E-state index is -0.0256. The number of halogens is 2. The van der Waals surface area contributed by atoms with Gasteiger partial charge in [-0.1, -0.05) is 47.0 Å². The molecule has 4 unspecified atom stereocenters. The summed E-state index contributed by atoms with van der Waals surface area (Å²) in [5, 5.41) is 0.904. The summed E-state index contributed by atoms with van der Waals surface area (Å²) in [5.41, 5.74) is 0. The van der Waals surface area contributed by atoms with Crippen molar-refractivity contribution in [2.45, 2.75) is 43.8 Å². The zero-order valence-electron chi connectivity index (χ0n) is 10.7. The van der Waals surface area contributed by atoms with Crippen LogP contribution in [0, 0.1) is 18.3 Å². The van der Waals surface area contributed by atoms with Crippen molar-refractivity contribution in [2.75, 3.05) is 5.33 Å². The molecule has 0 fully saturated rings. The normalized spacial score (nSPS) is 30.0. The zero-order chi connectivity index (χ0) is 13.4. The smallest absolute Gasteiger partial charge is 0.0779 e. The van der Waals surface area contributed by atoms with Crippen molar-refractivity contribution < 1.29 is 4.74 Å². The number of hydrogen-bond acceptors (Lipinski definition) is 1. The van der Waals surface area contributed by atoms with Crippen LogP contribution in [0.5, 0.6) is 0 Å². The molecule has 3 heteroatoms. The molecule has 0 saturated carbocycles. The minimum Gasteiger partial charge on any atom is -0.372 e. The molecule has 0 saturated heterocycles. The Morgan fingerprint density at radius 3 is 3.06 bits per heavy atom. The molecule has 0 spiro atoms. The maximum absolute atomic E-state index is 6.39. The Morgan fingerprint density at radius 1 is 1.67 bits per heavy atom. The van der Waals surface area contributed by atoms with Gasteiger partial charge in [-0.2, -0.15) is 0 Å². The molecule has 0 aromatic carbocycles. The lowest BCUT2D eigenvalue weighted by Crippen LogP contribution is -2.31. The zero-order valence-corrected chi connectivity index (χ0v) is 13.0. The predicted octanol–water partition coefficient (Wildman–Crippen LogP) is 4.31. The summed E-state index contributed by atoms with van der Waals surface area (Å²) < 4.78 is 6.15. The first-order valence-electron chi connectivity index (χ1n) is 6.36. The van der Waals surface area contributed by atoms with E-state index in [2.05, 4.69) is 40.9 Å². The Kier molecular flexibility index (Phi) is 7.74. The standard InChI is InChI=1S/C15H20BrClO/c1-3-5-6-9-13(17)15-10-7-8-12(11-16)14(4-2)18-15/h1,5-8,12-15H,4,9-11H2,2H3/b6-5-. The van der Waals surface area contributed by atoms with Gasteiger partial charge >= 0.3 is 0 Å². The maximum Gasteiger partial charge on any atom is 0.0779 e. The summed E-state index contributed by atoms with van der Waals surface area (Å²) in [4.78, 5) is 0. The van der Waals surface area contributed by atoms with Crippen LogP contribution in [-0.2, 0) is 4.74 Å². The van der Waals surface area contributed by atoms with E-state index in [-0.39, 0.29) is 17.6 Å². The summed E-state index contributed by atoms with van der Waals surface area (Å²) in [7, 11) is 0. The molecule has 0 aliphatic carbocycles. The van der Waals surface area contributed by atoms with E-state index in [1.807, 2.05) is 6.08 Å². The molecule has 1 heterocycles. The predicted molar refractivity (Wildman–Crippen MR) is 82.2 cm³/mol. The van der Waals surface area contributed by atoms with Crippen LogP contribution in [0.15, 0.2) is 24.3 Å². The lowest BCUT2D eigenvalue weighted by molar-refractivity contribution is -0.0256. The van der Waals surface area contributed by atoms with E-state index >= 15 is 0 Å². The second-order valence-electron chi connectivity index (χ2n) is 4.42. The van der Waals surface area contributed by atoms with Gasteiger partial charge in [-0.15, -0.1) is 18.0 Å². The Labute approximate surface area is 124 Å². The van der Waals surface area contributed by atoms with Crippen molar-refractivity contribution in [3.05, 3.63) is 24.3 Å². The van der Waals surface area contributed by atoms with Gasteiger partial charge in [-0.05, 0) is 25.3 Å². The highest BCUT2D eigenvalue weighted by Crippen LogP contribution is 2.27. The van der Waals surface area contributed by atoms with Crippen LogP contribution in [0.1, 0.15) is 26.2 Å². The van der Waals surface area contributed by atoms with Gasteiger partial charge < -0.3 is 4.74 Å². The molecule has 4 atom stereocenters. The highest BCUT2D eigenvalue weighted by Gasteiger charge is 2.27. The molecule has 100 valence electrons. The van der Waals surface area contributed by atoms with Gasteiger partial charge in [-0.3, -0.25) is 0 Å². The van der Waals surface area contributed by atoms with Crippen molar-refractivity contribution in [3.8, 4) is 12.3 Å². The van der Waals surface area contributed by atoms with Crippen LogP contribution in [0.4, 0.5) is 0 Å². The number of rotatable bonds is 5. The van der Waals surface area contributed by atoms with Crippen molar-refractivity contribution >= 4 is 27.5 Å². The molecule has 0 bridgehead atoms. The molecule has 1 aliphatic rings. The molecule has 1 aliphatic heterocycles. The van der Waals surface area contributed by atoms with Crippen LogP contribution in [0.3, 0.4) is 0 Å². The van der Waals surface area contributed by atoms with E-state index in [9.17, 15) is 0 Å². The lowest BCUT2D eigenvalue weighted by atomic mass is 10.0.